The quantitative estimate of drug-likeness (QED) is 0.515. The van der Waals surface area contributed by atoms with E-state index in [0.717, 1.165) is 0 Å². The zero-order valence-electron chi connectivity index (χ0n) is 14.9. The largest absolute Gasteiger partial charge is 0.387 e. The molecule has 9 heteroatoms. The normalized spacial score (nSPS) is 26.0. The zero-order chi connectivity index (χ0) is 20.4. The fourth-order valence-electron chi connectivity index (χ4n) is 3.02. The summed E-state index contributed by atoms with van der Waals surface area (Å²) in [5.41, 5.74) is 4.40. The molecule has 1 fully saturated rings. The van der Waals surface area contributed by atoms with Crippen molar-refractivity contribution in [2.75, 3.05) is 13.2 Å². The van der Waals surface area contributed by atoms with Crippen molar-refractivity contribution in [1.82, 2.24) is 5.32 Å². The lowest BCUT2D eigenvalue weighted by Crippen LogP contribution is -2.56. The van der Waals surface area contributed by atoms with Gasteiger partial charge in [-0.3, -0.25) is 4.79 Å². The molecule has 1 aliphatic heterocycles. The second kappa shape index (κ2) is 7.98. The standard InChI is InChI=1S/C19H22N2O6S/c20-17(28(25,26)14-9-5-2-6-10-14)15-16(22)19(24,12-27-15)11-21-18(23)13-7-3-1-4-8-13/h1-10,15-17,22,24H,11-12,20H2,(H,21,23)/t15-,16-,17?,19+/m1/s1. The third-order valence-corrected chi connectivity index (χ3v) is 6.65. The van der Waals surface area contributed by atoms with Gasteiger partial charge in [0.05, 0.1) is 18.0 Å². The Morgan fingerprint density at radius 3 is 2.36 bits per heavy atom. The van der Waals surface area contributed by atoms with Gasteiger partial charge in [0.1, 0.15) is 23.2 Å². The van der Waals surface area contributed by atoms with E-state index in [2.05, 4.69) is 5.32 Å². The summed E-state index contributed by atoms with van der Waals surface area (Å²) in [7, 11) is -3.99. The number of benzene rings is 2. The van der Waals surface area contributed by atoms with E-state index < -0.39 is 38.9 Å². The number of aliphatic hydroxyl groups is 2. The summed E-state index contributed by atoms with van der Waals surface area (Å²) < 4.78 is 30.7. The lowest BCUT2D eigenvalue weighted by atomic mass is 9.96. The molecule has 0 spiro atoms. The minimum atomic E-state index is -3.99. The molecule has 2 aromatic rings. The SMILES string of the molecule is NC([C@@H]1OC[C@@](O)(CNC(=O)c2ccccc2)[C@@H]1O)S(=O)(=O)c1ccccc1. The van der Waals surface area contributed by atoms with E-state index in [1.807, 2.05) is 0 Å². The average molecular weight is 406 g/mol. The van der Waals surface area contributed by atoms with Gasteiger partial charge < -0.3 is 26.0 Å². The molecule has 0 bridgehead atoms. The summed E-state index contributed by atoms with van der Waals surface area (Å²) in [6.07, 6.45) is -2.94. The molecule has 3 rings (SSSR count). The van der Waals surface area contributed by atoms with E-state index in [4.69, 9.17) is 10.5 Å². The summed E-state index contributed by atoms with van der Waals surface area (Å²) in [6, 6.07) is 15.9. The van der Waals surface area contributed by atoms with E-state index >= 15 is 0 Å². The molecule has 1 heterocycles. The minimum absolute atomic E-state index is 0.00822. The third kappa shape index (κ3) is 3.94. The minimum Gasteiger partial charge on any atom is -0.387 e. The lowest BCUT2D eigenvalue weighted by molar-refractivity contribution is -0.0470. The number of hydrogen-bond acceptors (Lipinski definition) is 7. The maximum atomic E-state index is 12.7. The summed E-state index contributed by atoms with van der Waals surface area (Å²) in [4.78, 5) is 12.1. The maximum Gasteiger partial charge on any atom is 0.251 e. The molecule has 5 N–H and O–H groups in total. The molecule has 1 aliphatic rings. The van der Waals surface area contributed by atoms with Crippen LogP contribution in [0.15, 0.2) is 65.6 Å². The zero-order valence-corrected chi connectivity index (χ0v) is 15.7. The van der Waals surface area contributed by atoms with Gasteiger partial charge in [-0.15, -0.1) is 0 Å². The molecule has 0 aliphatic carbocycles. The Morgan fingerprint density at radius 2 is 1.75 bits per heavy atom. The van der Waals surface area contributed by atoms with Gasteiger partial charge in [-0.1, -0.05) is 36.4 Å². The van der Waals surface area contributed by atoms with E-state index in [1.165, 1.54) is 12.1 Å². The van der Waals surface area contributed by atoms with Gasteiger partial charge >= 0.3 is 0 Å². The van der Waals surface area contributed by atoms with Gasteiger partial charge in [-0.2, -0.15) is 0 Å². The summed E-state index contributed by atoms with van der Waals surface area (Å²) in [5, 5.41) is 22.1. The Hall–Kier alpha value is -2.30. The van der Waals surface area contributed by atoms with Crippen molar-refractivity contribution in [2.24, 2.45) is 5.73 Å². The first-order valence-corrected chi connectivity index (χ1v) is 10.2. The molecule has 1 saturated heterocycles. The molecular weight excluding hydrogens is 384 g/mol. The highest BCUT2D eigenvalue weighted by Gasteiger charge is 2.52. The number of nitrogens with two attached hydrogens (primary N) is 1. The highest BCUT2D eigenvalue weighted by atomic mass is 32.2. The number of hydrogen-bond donors (Lipinski definition) is 4. The molecule has 4 atom stereocenters. The molecule has 1 amide bonds. The van der Waals surface area contributed by atoms with Crippen LogP contribution in [0.4, 0.5) is 0 Å². The number of carbonyl (C=O) groups excluding carboxylic acids is 1. The van der Waals surface area contributed by atoms with Crippen LogP contribution in [0.2, 0.25) is 0 Å². The molecule has 28 heavy (non-hydrogen) atoms. The van der Waals surface area contributed by atoms with Crippen LogP contribution in [0.1, 0.15) is 10.4 Å². The van der Waals surface area contributed by atoms with Crippen LogP contribution < -0.4 is 11.1 Å². The van der Waals surface area contributed by atoms with Crippen molar-refractivity contribution in [1.29, 1.82) is 0 Å². The highest BCUT2D eigenvalue weighted by molar-refractivity contribution is 7.92. The smallest absolute Gasteiger partial charge is 0.251 e. The summed E-state index contributed by atoms with van der Waals surface area (Å²) >= 11 is 0. The highest BCUT2D eigenvalue weighted by Crippen LogP contribution is 2.29. The van der Waals surface area contributed by atoms with Crippen molar-refractivity contribution in [2.45, 2.75) is 28.1 Å². The fourth-order valence-corrected chi connectivity index (χ4v) is 4.45. The lowest BCUT2D eigenvalue weighted by Gasteiger charge is -2.28. The van der Waals surface area contributed by atoms with Crippen LogP contribution >= 0.6 is 0 Å². The second-order valence-electron chi connectivity index (χ2n) is 6.70. The fraction of sp³-hybridized carbons (Fsp3) is 0.316. The average Bonchev–Trinajstić information content (AvgIpc) is 3.02. The van der Waals surface area contributed by atoms with Crippen molar-refractivity contribution in [3.8, 4) is 0 Å². The molecular formula is C19H22N2O6S. The molecule has 0 saturated carbocycles. The van der Waals surface area contributed by atoms with Crippen LogP contribution in [0.3, 0.4) is 0 Å². The first-order chi connectivity index (χ1) is 13.3. The number of rotatable bonds is 6. The Morgan fingerprint density at radius 1 is 1.18 bits per heavy atom. The number of ether oxygens (including phenoxy) is 1. The molecule has 0 radical (unpaired) electrons. The topological polar surface area (TPSA) is 139 Å². The Balaban J connectivity index is 1.69. The predicted octanol–water partition coefficient (Wildman–Crippen LogP) is -0.334. The van der Waals surface area contributed by atoms with Crippen LogP contribution in [-0.2, 0) is 14.6 Å². The predicted molar refractivity (Wildman–Crippen MR) is 101 cm³/mol. The van der Waals surface area contributed by atoms with Crippen LogP contribution in [-0.4, -0.2) is 60.9 Å². The Bertz CT molecular complexity index is 922. The number of aliphatic hydroxyl groups excluding tert-OH is 1. The molecule has 150 valence electrons. The molecule has 2 aromatic carbocycles. The van der Waals surface area contributed by atoms with Gasteiger partial charge in [0, 0.05) is 5.56 Å². The van der Waals surface area contributed by atoms with Crippen molar-refractivity contribution < 1.29 is 28.2 Å². The van der Waals surface area contributed by atoms with Crippen molar-refractivity contribution in [3.05, 3.63) is 66.2 Å². The van der Waals surface area contributed by atoms with E-state index in [-0.39, 0.29) is 18.0 Å². The van der Waals surface area contributed by atoms with Gasteiger partial charge in [0.2, 0.25) is 0 Å². The van der Waals surface area contributed by atoms with Crippen LogP contribution in [0, 0.1) is 0 Å². The van der Waals surface area contributed by atoms with Crippen LogP contribution in [0.5, 0.6) is 0 Å². The number of amides is 1. The second-order valence-corrected chi connectivity index (χ2v) is 8.80. The first-order valence-electron chi connectivity index (χ1n) is 8.65. The van der Waals surface area contributed by atoms with Gasteiger partial charge in [0.25, 0.3) is 5.91 Å². The van der Waals surface area contributed by atoms with Crippen molar-refractivity contribution >= 4 is 15.7 Å². The van der Waals surface area contributed by atoms with E-state index in [0.29, 0.717) is 5.56 Å². The van der Waals surface area contributed by atoms with E-state index in [1.54, 1.807) is 48.5 Å². The van der Waals surface area contributed by atoms with E-state index in [9.17, 15) is 23.4 Å². The number of sulfone groups is 1. The van der Waals surface area contributed by atoms with Gasteiger partial charge in [-0.05, 0) is 24.3 Å². The van der Waals surface area contributed by atoms with Gasteiger partial charge in [-0.25, -0.2) is 8.42 Å². The van der Waals surface area contributed by atoms with Crippen molar-refractivity contribution in [3.63, 3.8) is 0 Å². The first kappa shape index (κ1) is 20.4. The molecule has 0 aromatic heterocycles. The maximum absolute atomic E-state index is 12.7. The number of carbonyl (C=O) groups is 1. The Kier molecular flexibility index (Phi) is 5.82. The number of nitrogens with one attached hydrogen (secondary N) is 1. The molecule has 8 nitrogen and oxygen atoms in total. The van der Waals surface area contributed by atoms with Crippen LogP contribution in [0.25, 0.3) is 0 Å². The summed E-state index contributed by atoms with van der Waals surface area (Å²) in [5.74, 6) is -0.439. The summed E-state index contributed by atoms with van der Waals surface area (Å²) in [6.45, 7) is -0.692. The Labute approximate surface area is 162 Å². The van der Waals surface area contributed by atoms with Gasteiger partial charge in [0.15, 0.2) is 9.84 Å². The monoisotopic (exact) mass is 406 g/mol. The molecule has 1 unspecified atom stereocenters. The third-order valence-electron chi connectivity index (χ3n) is 4.73.